The summed E-state index contributed by atoms with van der Waals surface area (Å²) in [7, 11) is 0. The number of carbonyl (C=O) groups excluding carboxylic acids is 1. The molecule has 2 heterocycles. The van der Waals surface area contributed by atoms with Crippen LogP contribution in [0.4, 0.5) is 0 Å². The molecule has 0 bridgehead atoms. The molecular formula is C15H15LiN8O4. The van der Waals surface area contributed by atoms with Crippen molar-refractivity contribution in [3.8, 4) is 0 Å². The topological polar surface area (TPSA) is 208 Å². The largest absolute Gasteiger partial charge is 1.00 e. The maximum atomic E-state index is 10.8. The van der Waals surface area contributed by atoms with Crippen LogP contribution in [-0.4, -0.2) is 32.3 Å². The van der Waals surface area contributed by atoms with Gasteiger partial charge in [-0.1, -0.05) is 10.2 Å². The van der Waals surface area contributed by atoms with Crippen molar-refractivity contribution in [2.75, 3.05) is 0 Å². The third-order valence-electron chi connectivity index (χ3n) is 2.89. The number of aromatic nitrogens is 2. The van der Waals surface area contributed by atoms with Gasteiger partial charge >= 0.3 is 24.8 Å². The van der Waals surface area contributed by atoms with Crippen LogP contribution < -0.4 is 18.9 Å². The molecule has 0 spiro atoms. The fourth-order valence-corrected chi connectivity index (χ4v) is 1.58. The summed E-state index contributed by atoms with van der Waals surface area (Å²) in [6.45, 7) is 1.83. The van der Waals surface area contributed by atoms with E-state index in [2.05, 4.69) is 30.0 Å². The molecule has 2 N–H and O–H groups in total. The van der Waals surface area contributed by atoms with Crippen LogP contribution >= 0.6 is 0 Å². The first-order valence-corrected chi connectivity index (χ1v) is 7.13. The SMILES string of the molecule is CC(=O)c1ccc(CN=[N+]=[N-])nc1.[Li+].[N-]=[N+]=NCc1ccc(C(=O)O)cn1.[OH-]. The van der Waals surface area contributed by atoms with E-state index in [9.17, 15) is 9.59 Å². The number of carboxylic acids is 1. The van der Waals surface area contributed by atoms with E-state index < -0.39 is 5.97 Å². The quantitative estimate of drug-likeness (QED) is 0.249. The molecule has 140 valence electrons. The first-order chi connectivity index (χ1) is 12.5. The van der Waals surface area contributed by atoms with Crippen molar-refractivity contribution < 1.29 is 39.0 Å². The zero-order valence-corrected chi connectivity index (χ0v) is 15.2. The fourth-order valence-electron chi connectivity index (χ4n) is 1.58. The molecule has 0 aromatic carbocycles. The number of Topliss-reactive ketones (excluding diaryl/α,β-unsaturated/α-hetero) is 1. The van der Waals surface area contributed by atoms with E-state index in [0.29, 0.717) is 17.0 Å². The van der Waals surface area contributed by atoms with E-state index in [1.165, 1.54) is 31.5 Å². The van der Waals surface area contributed by atoms with Gasteiger partial charge in [0.2, 0.25) is 0 Å². The second kappa shape index (κ2) is 14.8. The Hall–Kier alpha value is -3.38. The predicted octanol–water partition coefficient (Wildman–Crippen LogP) is 0.512. The summed E-state index contributed by atoms with van der Waals surface area (Å²) in [4.78, 5) is 34.2. The number of aromatic carboxylic acids is 1. The third-order valence-corrected chi connectivity index (χ3v) is 2.89. The number of nitrogens with zero attached hydrogens (tertiary/aromatic N) is 8. The minimum absolute atomic E-state index is 0. The van der Waals surface area contributed by atoms with Crippen molar-refractivity contribution in [1.82, 2.24) is 9.97 Å². The minimum Gasteiger partial charge on any atom is -0.870 e. The van der Waals surface area contributed by atoms with Crippen LogP contribution in [0.15, 0.2) is 46.9 Å². The molecule has 0 radical (unpaired) electrons. The van der Waals surface area contributed by atoms with E-state index in [1.807, 2.05) is 0 Å². The molecule has 28 heavy (non-hydrogen) atoms. The van der Waals surface area contributed by atoms with Crippen LogP contribution in [0.3, 0.4) is 0 Å². The van der Waals surface area contributed by atoms with Gasteiger partial charge in [0.05, 0.1) is 18.7 Å². The minimum atomic E-state index is -1.03. The van der Waals surface area contributed by atoms with Crippen molar-refractivity contribution in [2.24, 2.45) is 10.2 Å². The Balaban J connectivity index is 0. The summed E-state index contributed by atoms with van der Waals surface area (Å²) >= 11 is 0. The Labute approximate surface area is 171 Å². The number of ketones is 1. The molecule has 0 saturated heterocycles. The fraction of sp³-hybridized carbons (Fsp3) is 0.200. The van der Waals surface area contributed by atoms with Gasteiger partial charge in [0.1, 0.15) is 0 Å². The molecule has 2 aromatic heterocycles. The van der Waals surface area contributed by atoms with Crippen LogP contribution in [0, 0.1) is 0 Å². The maximum Gasteiger partial charge on any atom is 1.00 e. The van der Waals surface area contributed by atoms with Crippen LogP contribution in [0.2, 0.25) is 0 Å². The Morgan fingerprint density at radius 2 is 1.39 bits per heavy atom. The second-order valence-electron chi connectivity index (χ2n) is 4.72. The van der Waals surface area contributed by atoms with Gasteiger partial charge in [-0.25, -0.2) is 4.79 Å². The summed E-state index contributed by atoms with van der Waals surface area (Å²) in [5, 5.41) is 15.2. The van der Waals surface area contributed by atoms with E-state index >= 15 is 0 Å². The van der Waals surface area contributed by atoms with Gasteiger partial charge in [0.15, 0.2) is 5.78 Å². The number of azide groups is 2. The maximum absolute atomic E-state index is 10.8. The van der Waals surface area contributed by atoms with E-state index in [-0.39, 0.29) is 48.8 Å². The number of hydrogen-bond acceptors (Lipinski definition) is 7. The molecule has 13 heteroatoms. The van der Waals surface area contributed by atoms with Crippen molar-refractivity contribution in [3.05, 3.63) is 80.1 Å². The van der Waals surface area contributed by atoms with Gasteiger partial charge in [0, 0.05) is 39.2 Å². The molecule has 2 rings (SSSR count). The number of pyridine rings is 2. The van der Waals surface area contributed by atoms with Crippen molar-refractivity contribution in [3.63, 3.8) is 0 Å². The molecule has 0 atom stereocenters. The number of rotatable bonds is 6. The summed E-state index contributed by atoms with van der Waals surface area (Å²) in [6, 6.07) is 6.26. The molecule has 0 saturated carbocycles. The number of carbonyl (C=O) groups is 2. The van der Waals surface area contributed by atoms with E-state index in [4.69, 9.17) is 16.2 Å². The molecule has 0 aliphatic heterocycles. The summed E-state index contributed by atoms with van der Waals surface area (Å²) in [5.74, 6) is -1.05. The molecule has 12 nitrogen and oxygen atoms in total. The summed E-state index contributed by atoms with van der Waals surface area (Å²) in [5.41, 5.74) is 17.9. The van der Waals surface area contributed by atoms with Crippen molar-refractivity contribution >= 4 is 11.8 Å². The molecule has 0 unspecified atom stereocenters. The average Bonchev–Trinajstić information content (AvgIpc) is 2.66. The second-order valence-corrected chi connectivity index (χ2v) is 4.72. The predicted molar refractivity (Wildman–Crippen MR) is 93.1 cm³/mol. The van der Waals surface area contributed by atoms with Gasteiger partial charge < -0.3 is 10.6 Å². The zero-order valence-electron chi connectivity index (χ0n) is 15.2. The van der Waals surface area contributed by atoms with Gasteiger partial charge in [-0.05, 0) is 42.3 Å². The Bertz CT molecular complexity index is 787. The smallest absolute Gasteiger partial charge is 0.870 e. The van der Waals surface area contributed by atoms with Crippen LogP contribution in [0.25, 0.3) is 20.9 Å². The van der Waals surface area contributed by atoms with Crippen LogP contribution in [0.5, 0.6) is 0 Å². The molecule has 0 amide bonds. The Kier molecular flexibility index (Phi) is 14.1. The molecule has 0 aliphatic carbocycles. The first kappa shape index (κ1) is 26.8. The molecular weight excluding hydrogens is 363 g/mol. The molecule has 2 aromatic rings. The Morgan fingerprint density at radius 3 is 1.68 bits per heavy atom. The van der Waals surface area contributed by atoms with Crippen LogP contribution in [-0.2, 0) is 13.1 Å². The molecule has 0 fully saturated rings. The van der Waals surface area contributed by atoms with Gasteiger partial charge in [-0.2, -0.15) is 0 Å². The average molecular weight is 378 g/mol. The summed E-state index contributed by atoms with van der Waals surface area (Å²) < 4.78 is 0. The monoisotopic (exact) mass is 378 g/mol. The number of carboxylic acid groups (broad SMARTS) is 1. The van der Waals surface area contributed by atoms with Crippen molar-refractivity contribution in [1.29, 1.82) is 0 Å². The molecule has 0 aliphatic rings. The normalized spacial score (nSPS) is 8.32. The zero-order chi connectivity index (χ0) is 19.4. The first-order valence-electron chi connectivity index (χ1n) is 7.13. The number of hydrogen-bond donors (Lipinski definition) is 1. The van der Waals surface area contributed by atoms with E-state index in [0.717, 1.165) is 0 Å². The van der Waals surface area contributed by atoms with Crippen LogP contribution in [0.1, 0.15) is 39.0 Å². The third kappa shape index (κ3) is 9.93. The Morgan fingerprint density at radius 1 is 0.964 bits per heavy atom. The standard InChI is InChI=1S/C8H8N4O.C7H6N4O2.Li.H2O/c1-6(13)7-2-3-8(10-4-7)5-11-12-9;8-11-10-4-6-2-1-5(3-9-6)7(12)13;;/h2-4H,5H2,1H3;1-3H,4H2,(H,12,13);;1H2/q;;+1;/p-1. The van der Waals surface area contributed by atoms with Crippen molar-refractivity contribution in [2.45, 2.75) is 20.0 Å². The summed E-state index contributed by atoms with van der Waals surface area (Å²) in [6.07, 6.45) is 2.70. The van der Waals surface area contributed by atoms with Gasteiger partial charge in [-0.15, -0.1) is 0 Å². The van der Waals surface area contributed by atoms with E-state index in [1.54, 1.807) is 12.1 Å². The van der Waals surface area contributed by atoms with Gasteiger partial charge in [0.25, 0.3) is 0 Å². The van der Waals surface area contributed by atoms with Gasteiger partial charge in [-0.3, -0.25) is 14.8 Å².